The zero-order chi connectivity index (χ0) is 39.8. The molecule has 0 fully saturated rings. The molecule has 1 heterocycles. The Kier molecular flexibility index (Phi) is 8.87. The van der Waals surface area contributed by atoms with Gasteiger partial charge in [0.15, 0.2) is 0 Å². The molecule has 0 aliphatic heterocycles. The molecule has 0 amide bonds. The van der Waals surface area contributed by atoms with Crippen molar-refractivity contribution in [2.45, 2.75) is 0 Å². The summed E-state index contributed by atoms with van der Waals surface area (Å²) in [6.07, 6.45) is 0. The Morgan fingerprint density at radius 2 is 0.833 bits per heavy atom. The number of benzene rings is 10. The van der Waals surface area contributed by atoms with Crippen LogP contribution in [-0.4, -0.2) is 4.57 Å². The standard InChI is InChI=1S/C58H40N2/c1-4-16-41(17-5-1)42-30-32-43(33-31-42)44-34-37-49(38-35-44)59(54-28-13-12-25-51(54)45-18-6-2-7-19-45)50-24-14-21-47(40-50)53-27-15-29-55-58(53)57-52-26-11-10-20-46(52)36-39-56(57)60(55)48-22-8-3-9-23-48/h1-40H. The topological polar surface area (TPSA) is 8.17 Å². The van der Waals surface area contributed by atoms with E-state index in [4.69, 9.17) is 0 Å². The molecule has 0 saturated carbocycles. The van der Waals surface area contributed by atoms with Crippen LogP contribution in [0, 0.1) is 0 Å². The lowest BCUT2D eigenvalue weighted by Crippen LogP contribution is -2.11. The van der Waals surface area contributed by atoms with Crippen LogP contribution in [0.1, 0.15) is 0 Å². The minimum absolute atomic E-state index is 1.09. The molecule has 0 N–H and O–H groups in total. The molecule has 0 atom stereocenters. The lowest BCUT2D eigenvalue weighted by molar-refractivity contribution is 1.18. The van der Waals surface area contributed by atoms with Crippen molar-refractivity contribution in [3.63, 3.8) is 0 Å². The highest BCUT2D eigenvalue weighted by Gasteiger charge is 2.21. The first-order chi connectivity index (χ1) is 29.8. The van der Waals surface area contributed by atoms with E-state index >= 15 is 0 Å². The van der Waals surface area contributed by atoms with Crippen LogP contribution in [0.4, 0.5) is 17.1 Å². The van der Waals surface area contributed by atoms with Gasteiger partial charge in [0, 0.05) is 33.4 Å². The van der Waals surface area contributed by atoms with Crippen LogP contribution in [0.3, 0.4) is 0 Å². The molecule has 0 unspecified atom stereocenters. The highest BCUT2D eigenvalue weighted by atomic mass is 15.1. The maximum atomic E-state index is 2.42. The molecule has 0 saturated heterocycles. The summed E-state index contributed by atoms with van der Waals surface area (Å²) < 4.78 is 2.42. The summed E-state index contributed by atoms with van der Waals surface area (Å²) in [7, 11) is 0. The fourth-order valence-corrected chi connectivity index (χ4v) is 8.98. The van der Waals surface area contributed by atoms with Gasteiger partial charge in [0.25, 0.3) is 0 Å². The van der Waals surface area contributed by atoms with Crippen LogP contribution in [0.25, 0.3) is 82.8 Å². The monoisotopic (exact) mass is 764 g/mol. The minimum atomic E-state index is 1.09. The predicted molar refractivity (Wildman–Crippen MR) is 255 cm³/mol. The third-order valence-corrected chi connectivity index (χ3v) is 11.8. The number of fused-ring (bicyclic) bond motifs is 5. The number of para-hydroxylation sites is 2. The second kappa shape index (κ2) is 15.1. The fraction of sp³-hybridized carbons (Fsp3) is 0. The molecule has 1 aromatic heterocycles. The molecule has 60 heavy (non-hydrogen) atoms. The average molecular weight is 765 g/mol. The first-order valence-electron chi connectivity index (χ1n) is 20.6. The third-order valence-electron chi connectivity index (χ3n) is 11.8. The van der Waals surface area contributed by atoms with Crippen molar-refractivity contribution in [1.29, 1.82) is 0 Å². The van der Waals surface area contributed by atoms with Gasteiger partial charge in [-0.2, -0.15) is 0 Å². The van der Waals surface area contributed by atoms with Gasteiger partial charge < -0.3 is 9.47 Å². The summed E-state index contributed by atoms with van der Waals surface area (Å²) in [6, 6.07) is 87.8. The number of aromatic nitrogens is 1. The van der Waals surface area contributed by atoms with Crippen molar-refractivity contribution < 1.29 is 0 Å². The van der Waals surface area contributed by atoms with Gasteiger partial charge in [-0.1, -0.05) is 188 Å². The molecule has 2 nitrogen and oxygen atoms in total. The lowest BCUT2D eigenvalue weighted by atomic mass is 9.96. The molecule has 10 aromatic carbocycles. The van der Waals surface area contributed by atoms with E-state index < -0.39 is 0 Å². The van der Waals surface area contributed by atoms with Crippen molar-refractivity contribution in [3.05, 3.63) is 243 Å². The molecule has 0 radical (unpaired) electrons. The highest BCUT2D eigenvalue weighted by molar-refractivity contribution is 6.25. The van der Waals surface area contributed by atoms with E-state index in [2.05, 4.69) is 252 Å². The number of anilines is 3. The highest BCUT2D eigenvalue weighted by Crippen LogP contribution is 2.45. The summed E-state index contributed by atoms with van der Waals surface area (Å²) in [5, 5.41) is 5.02. The van der Waals surface area contributed by atoms with Crippen molar-refractivity contribution in [2.24, 2.45) is 0 Å². The van der Waals surface area contributed by atoms with E-state index in [0.29, 0.717) is 0 Å². The predicted octanol–water partition coefficient (Wildman–Crippen LogP) is 16.1. The van der Waals surface area contributed by atoms with Gasteiger partial charge in [0.1, 0.15) is 0 Å². The van der Waals surface area contributed by atoms with Gasteiger partial charge >= 0.3 is 0 Å². The van der Waals surface area contributed by atoms with Gasteiger partial charge in [0.05, 0.1) is 16.7 Å². The SMILES string of the molecule is c1ccc(-c2ccc(-c3ccc(N(c4cccc(-c5cccc6c5c5c7ccccc7ccc5n6-c5ccccc5)c4)c4ccccc4-c4ccccc4)cc3)cc2)cc1. The first-order valence-corrected chi connectivity index (χ1v) is 20.6. The fourth-order valence-electron chi connectivity index (χ4n) is 8.98. The molecule has 0 aliphatic rings. The Morgan fingerprint density at radius 3 is 1.57 bits per heavy atom. The third kappa shape index (κ3) is 6.23. The van der Waals surface area contributed by atoms with Crippen molar-refractivity contribution >= 4 is 49.6 Å². The number of rotatable bonds is 8. The zero-order valence-electron chi connectivity index (χ0n) is 33.0. The van der Waals surface area contributed by atoms with E-state index in [1.165, 1.54) is 71.5 Å². The molecular weight excluding hydrogens is 725 g/mol. The maximum absolute atomic E-state index is 2.42. The number of nitrogens with zero attached hydrogens (tertiary/aromatic N) is 2. The first kappa shape index (κ1) is 35.2. The van der Waals surface area contributed by atoms with Crippen LogP contribution in [0.5, 0.6) is 0 Å². The lowest BCUT2D eigenvalue weighted by Gasteiger charge is -2.28. The quantitative estimate of drug-likeness (QED) is 0.150. The van der Waals surface area contributed by atoms with Crippen LogP contribution in [-0.2, 0) is 0 Å². The van der Waals surface area contributed by atoms with Gasteiger partial charge in [-0.3, -0.25) is 0 Å². The van der Waals surface area contributed by atoms with E-state index in [0.717, 1.165) is 28.3 Å². The summed E-state index contributed by atoms with van der Waals surface area (Å²) in [6.45, 7) is 0. The van der Waals surface area contributed by atoms with Gasteiger partial charge in [-0.15, -0.1) is 0 Å². The van der Waals surface area contributed by atoms with E-state index in [1.54, 1.807) is 0 Å². The minimum Gasteiger partial charge on any atom is -0.310 e. The number of hydrogen-bond donors (Lipinski definition) is 0. The van der Waals surface area contributed by atoms with Gasteiger partial charge in [-0.05, 0) is 104 Å². The van der Waals surface area contributed by atoms with Crippen LogP contribution in [0.15, 0.2) is 243 Å². The molecule has 0 bridgehead atoms. The maximum Gasteiger partial charge on any atom is 0.0547 e. The van der Waals surface area contributed by atoms with E-state index in [-0.39, 0.29) is 0 Å². The zero-order valence-corrected chi connectivity index (χ0v) is 33.0. The smallest absolute Gasteiger partial charge is 0.0547 e. The molecule has 11 rings (SSSR count). The summed E-state index contributed by atoms with van der Waals surface area (Å²) >= 11 is 0. The second-order valence-corrected chi connectivity index (χ2v) is 15.3. The Bertz CT molecular complexity index is 3270. The second-order valence-electron chi connectivity index (χ2n) is 15.3. The van der Waals surface area contributed by atoms with Crippen LogP contribution in [0.2, 0.25) is 0 Å². The Morgan fingerprint density at radius 1 is 0.300 bits per heavy atom. The average Bonchev–Trinajstić information content (AvgIpc) is 3.68. The number of hydrogen-bond acceptors (Lipinski definition) is 1. The molecule has 0 aliphatic carbocycles. The van der Waals surface area contributed by atoms with Crippen molar-refractivity contribution in [2.75, 3.05) is 4.90 Å². The van der Waals surface area contributed by atoms with Crippen molar-refractivity contribution in [3.8, 4) is 50.2 Å². The summed E-state index contributed by atoms with van der Waals surface area (Å²) in [5.41, 5.74) is 16.4. The molecule has 2 heteroatoms. The Balaban J connectivity index is 1.08. The molecule has 282 valence electrons. The Hall–Kier alpha value is -7.94. The molecule has 11 aromatic rings. The van der Waals surface area contributed by atoms with Gasteiger partial charge in [0.2, 0.25) is 0 Å². The molecule has 0 spiro atoms. The molecular formula is C58H40N2. The van der Waals surface area contributed by atoms with Gasteiger partial charge in [-0.25, -0.2) is 0 Å². The van der Waals surface area contributed by atoms with Crippen LogP contribution < -0.4 is 4.90 Å². The van der Waals surface area contributed by atoms with E-state index in [9.17, 15) is 0 Å². The largest absolute Gasteiger partial charge is 0.310 e. The van der Waals surface area contributed by atoms with Crippen molar-refractivity contribution in [1.82, 2.24) is 4.57 Å². The Labute approximate surface area is 350 Å². The van der Waals surface area contributed by atoms with Crippen LogP contribution >= 0.6 is 0 Å². The summed E-state index contributed by atoms with van der Waals surface area (Å²) in [4.78, 5) is 2.41. The summed E-state index contributed by atoms with van der Waals surface area (Å²) in [5.74, 6) is 0. The van der Waals surface area contributed by atoms with E-state index in [1.807, 2.05) is 0 Å². The normalized spacial score (nSPS) is 11.3.